The smallest absolute Gasteiger partial charge is 0.183 e. The van der Waals surface area contributed by atoms with Crippen molar-refractivity contribution in [2.24, 2.45) is 0 Å². The number of hydrogen-bond donors (Lipinski definition) is 0. The fraction of sp³-hybridized carbons (Fsp3) is 0.250. The van der Waals surface area contributed by atoms with Gasteiger partial charge in [-0.05, 0) is 35.9 Å². The van der Waals surface area contributed by atoms with Crippen LogP contribution in [-0.2, 0) is 21.1 Å². The van der Waals surface area contributed by atoms with E-state index >= 15 is 0 Å². The van der Waals surface area contributed by atoms with Crippen LogP contribution < -0.4 is 0 Å². The summed E-state index contributed by atoms with van der Waals surface area (Å²) < 4.78 is 30.8. The maximum atomic E-state index is 11.8. The van der Waals surface area contributed by atoms with Crippen molar-refractivity contribution in [1.29, 1.82) is 0 Å². The molecule has 0 unspecified atom stereocenters. The van der Waals surface area contributed by atoms with E-state index in [1.165, 1.54) is 6.26 Å². The Morgan fingerprint density at radius 1 is 1.03 bits per heavy atom. The molecule has 8 heteroatoms. The predicted octanol–water partition coefficient (Wildman–Crippen LogP) is 3.10. The summed E-state index contributed by atoms with van der Waals surface area (Å²) in [6.45, 7) is 4.10. The molecule has 0 spiro atoms. The van der Waals surface area contributed by atoms with Gasteiger partial charge >= 0.3 is 0 Å². The lowest BCUT2D eigenvalue weighted by Crippen LogP contribution is -2.35. The number of benzene rings is 2. The zero-order chi connectivity index (χ0) is 22.1. The molecule has 0 aliphatic carbocycles. The molecule has 1 aliphatic rings. The van der Waals surface area contributed by atoms with Crippen LogP contribution in [0.1, 0.15) is 5.56 Å². The van der Waals surface area contributed by atoms with E-state index in [0.29, 0.717) is 10.7 Å². The highest BCUT2D eigenvalue weighted by Crippen LogP contribution is 2.26. The summed E-state index contributed by atoms with van der Waals surface area (Å²) >= 11 is 0. The lowest BCUT2D eigenvalue weighted by Gasteiger charge is -2.27. The normalized spacial score (nSPS) is 15.3. The fourth-order valence-electron chi connectivity index (χ4n) is 3.91. The molecule has 32 heavy (non-hydrogen) atoms. The van der Waals surface area contributed by atoms with Gasteiger partial charge in [0.1, 0.15) is 0 Å². The number of hydrogen-bond acceptors (Lipinski definition) is 6. The monoisotopic (exact) mass is 447 g/mol. The molecule has 0 bridgehead atoms. The number of pyridine rings is 1. The van der Waals surface area contributed by atoms with E-state index in [4.69, 9.17) is 14.8 Å². The summed E-state index contributed by atoms with van der Waals surface area (Å²) in [5, 5.41) is 4.80. The van der Waals surface area contributed by atoms with Gasteiger partial charge in [-0.3, -0.25) is 4.90 Å². The summed E-state index contributed by atoms with van der Waals surface area (Å²) in [4.78, 5) is 7.41. The third kappa shape index (κ3) is 4.17. The van der Waals surface area contributed by atoms with Gasteiger partial charge in [0.25, 0.3) is 0 Å². The Morgan fingerprint density at radius 2 is 1.81 bits per heavy atom. The molecule has 0 saturated carbocycles. The number of sulfone groups is 1. The van der Waals surface area contributed by atoms with Crippen molar-refractivity contribution in [2.75, 3.05) is 32.6 Å². The second kappa shape index (κ2) is 8.46. The van der Waals surface area contributed by atoms with E-state index < -0.39 is 9.84 Å². The van der Waals surface area contributed by atoms with Crippen LogP contribution in [0, 0.1) is 6.07 Å². The Kier molecular flexibility index (Phi) is 5.50. The number of aromatic nitrogens is 3. The highest BCUT2D eigenvalue weighted by Gasteiger charge is 2.17. The molecule has 2 aromatic heterocycles. The molecule has 163 valence electrons. The van der Waals surface area contributed by atoms with E-state index in [0.717, 1.165) is 60.9 Å². The van der Waals surface area contributed by atoms with Crippen LogP contribution in [0.3, 0.4) is 0 Å². The number of rotatable bonds is 5. The first-order chi connectivity index (χ1) is 15.5. The van der Waals surface area contributed by atoms with Gasteiger partial charge < -0.3 is 4.74 Å². The molecule has 3 heterocycles. The van der Waals surface area contributed by atoms with Crippen molar-refractivity contribution in [1.82, 2.24) is 19.5 Å². The van der Waals surface area contributed by atoms with Gasteiger partial charge in [0.05, 0.1) is 23.8 Å². The van der Waals surface area contributed by atoms with Crippen molar-refractivity contribution in [3.05, 3.63) is 72.3 Å². The molecule has 2 aromatic carbocycles. The van der Waals surface area contributed by atoms with Crippen molar-refractivity contribution in [3.8, 4) is 22.6 Å². The van der Waals surface area contributed by atoms with Gasteiger partial charge in [0.2, 0.25) is 0 Å². The van der Waals surface area contributed by atoms with Gasteiger partial charge in [-0.25, -0.2) is 17.9 Å². The molecule has 1 saturated heterocycles. The van der Waals surface area contributed by atoms with E-state index in [1.807, 2.05) is 30.3 Å². The Hall–Kier alpha value is -3.07. The predicted molar refractivity (Wildman–Crippen MR) is 122 cm³/mol. The molecule has 0 N–H and O–H groups in total. The first-order valence-corrected chi connectivity index (χ1v) is 12.3. The number of ether oxygens (including phenoxy) is 1. The third-order valence-electron chi connectivity index (χ3n) is 5.60. The van der Waals surface area contributed by atoms with Crippen LogP contribution in [0.5, 0.6) is 0 Å². The molecule has 4 aromatic rings. The largest absolute Gasteiger partial charge is 0.379 e. The van der Waals surface area contributed by atoms with Gasteiger partial charge in [-0.2, -0.15) is 0 Å². The lowest BCUT2D eigenvalue weighted by atomic mass is 10.1. The standard InChI is InChI=1S/C24H23N4O3S/c1-32(29,30)20-11-9-18(10-12-20)22-7-4-8-23-25-24(26-28(22)23)21-6-3-2-5-19(21)17-27-13-15-31-16-14-27/h2-5,7-12H,13-17H2,1H3. The van der Waals surface area contributed by atoms with Gasteiger partial charge in [-0.1, -0.05) is 36.4 Å². The minimum Gasteiger partial charge on any atom is -0.379 e. The second-order valence-corrected chi connectivity index (χ2v) is 9.89. The Morgan fingerprint density at radius 3 is 2.56 bits per heavy atom. The molecular weight excluding hydrogens is 424 g/mol. The minimum absolute atomic E-state index is 0.291. The first-order valence-electron chi connectivity index (χ1n) is 10.5. The van der Waals surface area contributed by atoms with Crippen LogP contribution in [0.15, 0.2) is 65.6 Å². The van der Waals surface area contributed by atoms with Gasteiger partial charge in [0.15, 0.2) is 21.3 Å². The maximum absolute atomic E-state index is 11.8. The molecule has 1 radical (unpaired) electrons. The average molecular weight is 448 g/mol. The first kappa shape index (κ1) is 20.8. The summed E-state index contributed by atoms with van der Waals surface area (Å²) in [6.07, 6.45) is 1.21. The summed E-state index contributed by atoms with van der Waals surface area (Å²) in [7, 11) is -3.24. The lowest BCUT2D eigenvalue weighted by molar-refractivity contribution is 0.0342. The van der Waals surface area contributed by atoms with Crippen molar-refractivity contribution in [2.45, 2.75) is 11.4 Å². The Bertz CT molecular complexity index is 1360. The number of fused-ring (bicyclic) bond motifs is 1. The number of nitrogens with zero attached hydrogens (tertiary/aromatic N) is 4. The molecule has 1 fully saturated rings. The van der Waals surface area contributed by atoms with E-state index in [9.17, 15) is 8.42 Å². The molecule has 7 nitrogen and oxygen atoms in total. The van der Waals surface area contributed by atoms with Crippen molar-refractivity contribution >= 4 is 15.5 Å². The van der Waals surface area contributed by atoms with Crippen LogP contribution >= 0.6 is 0 Å². The highest BCUT2D eigenvalue weighted by atomic mass is 32.2. The Labute approximate surface area is 187 Å². The maximum Gasteiger partial charge on any atom is 0.183 e. The van der Waals surface area contributed by atoms with Gasteiger partial charge in [0, 0.05) is 37.0 Å². The van der Waals surface area contributed by atoms with Crippen molar-refractivity contribution in [3.63, 3.8) is 0 Å². The average Bonchev–Trinajstić information content (AvgIpc) is 3.24. The summed E-state index contributed by atoms with van der Waals surface area (Å²) in [5.74, 6) is 0.620. The van der Waals surface area contributed by atoms with E-state index in [-0.39, 0.29) is 0 Å². The van der Waals surface area contributed by atoms with Crippen LogP contribution in [0.2, 0.25) is 0 Å². The highest BCUT2D eigenvalue weighted by molar-refractivity contribution is 7.90. The molecule has 0 atom stereocenters. The molecule has 1 aliphatic heterocycles. The van der Waals surface area contributed by atoms with Crippen LogP contribution in [-0.4, -0.2) is 60.5 Å². The third-order valence-corrected chi connectivity index (χ3v) is 6.73. The minimum atomic E-state index is -3.24. The van der Waals surface area contributed by atoms with Gasteiger partial charge in [-0.15, -0.1) is 5.10 Å². The van der Waals surface area contributed by atoms with E-state index in [1.54, 1.807) is 28.8 Å². The zero-order valence-corrected chi connectivity index (χ0v) is 18.5. The SMILES string of the molecule is CS(=O)(=O)c1ccc(-c2cccc3nc(-c4[c]cccc4CN4CCOCC4)nn23)cc1. The van der Waals surface area contributed by atoms with Crippen LogP contribution in [0.4, 0.5) is 0 Å². The molecular formula is C24H23N4O3S. The van der Waals surface area contributed by atoms with E-state index in [2.05, 4.69) is 17.0 Å². The second-order valence-electron chi connectivity index (χ2n) is 7.87. The molecule has 5 rings (SSSR count). The Balaban J connectivity index is 1.53. The zero-order valence-electron chi connectivity index (χ0n) is 17.7. The quantitative estimate of drug-likeness (QED) is 0.468. The summed E-state index contributed by atoms with van der Waals surface area (Å²) in [6, 6.07) is 21.9. The molecule has 0 amide bonds. The van der Waals surface area contributed by atoms with Crippen LogP contribution in [0.25, 0.3) is 28.3 Å². The van der Waals surface area contributed by atoms with Crippen molar-refractivity contribution < 1.29 is 13.2 Å². The fourth-order valence-corrected chi connectivity index (χ4v) is 4.54. The summed E-state index contributed by atoms with van der Waals surface area (Å²) in [5.41, 5.74) is 4.45. The topological polar surface area (TPSA) is 76.8 Å². The number of morpholine rings is 1.